The lowest BCUT2D eigenvalue weighted by atomic mass is 9.83. The van der Waals surface area contributed by atoms with Crippen LogP contribution in [0.5, 0.6) is 0 Å². The van der Waals surface area contributed by atoms with Gasteiger partial charge in [-0.2, -0.15) is 0 Å². The Kier molecular flexibility index (Phi) is 15.3. The van der Waals surface area contributed by atoms with E-state index in [1.54, 1.807) is 45.2 Å². The minimum atomic E-state index is -0.949. The number of alkyl carbamates (subject to hydrolysis) is 1. The molecule has 3 aromatic carbocycles. The first-order chi connectivity index (χ1) is 26.6. The van der Waals surface area contributed by atoms with E-state index in [0.717, 1.165) is 29.3 Å². The van der Waals surface area contributed by atoms with E-state index < -0.39 is 59.7 Å². The Morgan fingerprint density at radius 2 is 1.52 bits per heavy atom. The van der Waals surface area contributed by atoms with Gasteiger partial charge in [0.05, 0.1) is 12.1 Å². The minimum Gasteiger partial charge on any atom is -0.445 e. The summed E-state index contributed by atoms with van der Waals surface area (Å²) in [6, 6.07) is 21.2. The van der Waals surface area contributed by atoms with E-state index in [9.17, 15) is 28.7 Å². The van der Waals surface area contributed by atoms with Gasteiger partial charge < -0.3 is 29.9 Å². The number of aromatic nitrogens is 1. The molecule has 1 heterocycles. The number of carbonyl (C=O) groups is 4. The van der Waals surface area contributed by atoms with Crippen LogP contribution in [0.3, 0.4) is 0 Å². The number of ketones is 1. The predicted molar refractivity (Wildman–Crippen MR) is 211 cm³/mol. The molecular formula is C44H52F2N4O6. The standard InChI is InChI=1S/C44H52F2N4O6/c1-29(2)40(48-43(55)56-28-32-17-11-8-12-18-32)42(54)47-30(3)38(52)19-13-14-22-50(39(53)27-51)41(44(4,5)6)37-23-33(35-24-34(45)20-21-36(35)46)26-49(37)25-31-15-9-7-10-16-31/h7-18,20-21,23-24,26,29-30,40-41,51H,19,22,25,27-28H2,1-6H3,(H,47,54)(H,48,55)/t30-,40-,41-/m0/s1. The number of allylic oxidation sites excluding steroid dienone is 1. The molecule has 1 aromatic heterocycles. The molecule has 0 saturated carbocycles. The summed E-state index contributed by atoms with van der Waals surface area (Å²) < 4.78 is 36.5. The average molecular weight is 771 g/mol. The number of carbonyl (C=O) groups excluding carboxylic acids is 4. The van der Waals surface area contributed by atoms with Crippen molar-refractivity contribution in [3.63, 3.8) is 0 Å². The number of nitrogens with one attached hydrogen (secondary N) is 2. The number of hydrogen-bond acceptors (Lipinski definition) is 6. The number of amides is 3. The maximum atomic E-state index is 15.0. The van der Waals surface area contributed by atoms with Crippen molar-refractivity contribution in [3.8, 4) is 11.1 Å². The molecule has 0 unspecified atom stereocenters. The lowest BCUT2D eigenvalue weighted by Gasteiger charge is -2.40. The lowest BCUT2D eigenvalue weighted by Crippen LogP contribution is -2.53. The quantitative estimate of drug-likeness (QED) is 0.0963. The van der Waals surface area contributed by atoms with Crippen molar-refractivity contribution in [3.05, 3.63) is 132 Å². The van der Waals surface area contributed by atoms with Crippen molar-refractivity contribution < 1.29 is 37.8 Å². The number of rotatable bonds is 17. The van der Waals surface area contributed by atoms with Gasteiger partial charge in [0, 0.05) is 42.5 Å². The van der Waals surface area contributed by atoms with E-state index in [1.807, 2.05) is 86.0 Å². The molecule has 298 valence electrons. The summed E-state index contributed by atoms with van der Waals surface area (Å²) in [4.78, 5) is 53.7. The van der Waals surface area contributed by atoms with E-state index in [2.05, 4.69) is 10.6 Å². The van der Waals surface area contributed by atoms with E-state index in [-0.39, 0.29) is 36.8 Å². The van der Waals surface area contributed by atoms with Crippen molar-refractivity contribution in [2.45, 2.75) is 79.2 Å². The Morgan fingerprint density at radius 3 is 2.12 bits per heavy atom. The number of hydrogen-bond donors (Lipinski definition) is 3. The summed E-state index contributed by atoms with van der Waals surface area (Å²) in [6.07, 6.45) is 4.15. The first-order valence-electron chi connectivity index (χ1n) is 18.6. The van der Waals surface area contributed by atoms with Gasteiger partial charge in [-0.3, -0.25) is 14.4 Å². The monoisotopic (exact) mass is 770 g/mol. The highest BCUT2D eigenvalue weighted by molar-refractivity contribution is 5.92. The van der Waals surface area contributed by atoms with E-state index in [4.69, 9.17) is 4.74 Å². The zero-order chi connectivity index (χ0) is 41.0. The molecule has 4 rings (SSSR count). The maximum absolute atomic E-state index is 15.0. The van der Waals surface area contributed by atoms with Crippen LogP contribution in [0.4, 0.5) is 13.6 Å². The number of aliphatic hydroxyl groups is 1. The number of Topliss-reactive ketones (excluding diaryl/α,β-unsaturated/α-hetero) is 1. The molecular weight excluding hydrogens is 719 g/mol. The van der Waals surface area contributed by atoms with E-state index in [0.29, 0.717) is 17.8 Å². The smallest absolute Gasteiger partial charge is 0.408 e. The zero-order valence-corrected chi connectivity index (χ0v) is 32.8. The van der Waals surface area contributed by atoms with Crippen LogP contribution in [0.25, 0.3) is 11.1 Å². The van der Waals surface area contributed by atoms with Gasteiger partial charge in [-0.15, -0.1) is 0 Å². The highest BCUT2D eigenvalue weighted by Gasteiger charge is 2.37. The fourth-order valence-corrected chi connectivity index (χ4v) is 6.43. The normalized spacial score (nSPS) is 13.2. The molecule has 0 radical (unpaired) electrons. The van der Waals surface area contributed by atoms with Gasteiger partial charge in [0.15, 0.2) is 5.78 Å². The van der Waals surface area contributed by atoms with Crippen LogP contribution in [0.2, 0.25) is 0 Å². The zero-order valence-electron chi connectivity index (χ0n) is 32.8. The molecule has 3 N–H and O–H groups in total. The minimum absolute atomic E-state index is 0.0139. The van der Waals surface area contributed by atoms with Crippen LogP contribution in [0, 0.1) is 23.0 Å². The van der Waals surface area contributed by atoms with Crippen LogP contribution in [0.1, 0.15) is 70.8 Å². The molecule has 56 heavy (non-hydrogen) atoms. The van der Waals surface area contributed by atoms with Crippen molar-refractivity contribution in [2.24, 2.45) is 11.3 Å². The van der Waals surface area contributed by atoms with Gasteiger partial charge in [0.2, 0.25) is 11.8 Å². The second-order valence-electron chi connectivity index (χ2n) is 15.2. The Bertz CT molecular complexity index is 1970. The van der Waals surface area contributed by atoms with Gasteiger partial charge >= 0.3 is 6.09 Å². The lowest BCUT2D eigenvalue weighted by molar-refractivity contribution is -0.138. The second-order valence-corrected chi connectivity index (χ2v) is 15.2. The summed E-state index contributed by atoms with van der Waals surface area (Å²) in [7, 11) is 0. The predicted octanol–water partition coefficient (Wildman–Crippen LogP) is 7.36. The maximum Gasteiger partial charge on any atom is 0.408 e. The third-order valence-electron chi connectivity index (χ3n) is 9.30. The highest BCUT2D eigenvalue weighted by Crippen LogP contribution is 2.41. The topological polar surface area (TPSA) is 130 Å². The van der Waals surface area contributed by atoms with E-state index in [1.165, 1.54) is 4.90 Å². The Labute approximate surface area is 327 Å². The molecule has 0 aliphatic rings. The molecule has 0 bridgehead atoms. The van der Waals surface area contributed by atoms with Gasteiger partial charge in [-0.1, -0.05) is 107 Å². The first kappa shape index (κ1) is 43.1. The van der Waals surface area contributed by atoms with Gasteiger partial charge in [0.25, 0.3) is 0 Å². The Balaban J connectivity index is 1.50. The van der Waals surface area contributed by atoms with Crippen molar-refractivity contribution >= 4 is 23.7 Å². The largest absolute Gasteiger partial charge is 0.445 e. The SMILES string of the molecule is CC(C)[C@H](NC(=O)OCc1ccccc1)C(=O)N[C@@H](C)C(=O)CC=CCN(C(=O)CO)[C@@H](c1cc(-c2cc(F)ccc2F)cn1Cc1ccccc1)C(C)(C)C. The van der Waals surface area contributed by atoms with Crippen LogP contribution >= 0.6 is 0 Å². The molecule has 0 aliphatic heterocycles. The number of ether oxygens (including phenoxy) is 1. The molecule has 4 aromatic rings. The molecule has 0 fully saturated rings. The van der Waals surface area contributed by atoms with Crippen LogP contribution < -0.4 is 10.6 Å². The van der Waals surface area contributed by atoms with E-state index >= 15 is 4.39 Å². The average Bonchev–Trinajstić information content (AvgIpc) is 3.56. The first-order valence-corrected chi connectivity index (χ1v) is 18.6. The summed E-state index contributed by atoms with van der Waals surface area (Å²) in [5, 5.41) is 15.4. The highest BCUT2D eigenvalue weighted by atomic mass is 19.1. The summed E-state index contributed by atoms with van der Waals surface area (Å²) in [5.74, 6) is -2.90. The molecule has 0 spiro atoms. The molecule has 3 atom stereocenters. The summed E-state index contributed by atoms with van der Waals surface area (Å²) >= 11 is 0. The van der Waals surface area contributed by atoms with Gasteiger partial charge in [0.1, 0.15) is 30.9 Å². The fourth-order valence-electron chi connectivity index (χ4n) is 6.43. The summed E-state index contributed by atoms with van der Waals surface area (Å²) in [6.45, 7) is 10.5. The Hall–Kier alpha value is -5.62. The Morgan fingerprint density at radius 1 is 0.875 bits per heavy atom. The number of nitrogens with zero attached hydrogens (tertiary/aromatic N) is 2. The molecule has 3 amide bonds. The third kappa shape index (κ3) is 11.9. The van der Waals surface area contributed by atoms with Crippen LogP contribution in [-0.4, -0.2) is 63.5 Å². The van der Waals surface area contributed by atoms with Gasteiger partial charge in [-0.05, 0) is 53.6 Å². The molecule has 0 saturated heterocycles. The fraction of sp³-hybridized carbons (Fsp3) is 0.364. The van der Waals surface area contributed by atoms with Crippen LogP contribution in [0.15, 0.2) is 103 Å². The van der Waals surface area contributed by atoms with Crippen LogP contribution in [-0.2, 0) is 32.3 Å². The second kappa shape index (κ2) is 19.8. The number of halogens is 2. The number of aliphatic hydroxyl groups excluding tert-OH is 1. The third-order valence-corrected chi connectivity index (χ3v) is 9.30. The van der Waals surface area contributed by atoms with Crippen molar-refractivity contribution in [1.82, 2.24) is 20.1 Å². The molecule has 0 aliphatic carbocycles. The molecule has 10 nitrogen and oxygen atoms in total. The number of benzene rings is 3. The molecule has 12 heteroatoms. The van der Waals surface area contributed by atoms with Gasteiger partial charge in [-0.25, -0.2) is 13.6 Å². The summed E-state index contributed by atoms with van der Waals surface area (Å²) in [5.41, 5.74) is 2.26. The van der Waals surface area contributed by atoms with Crippen molar-refractivity contribution in [2.75, 3.05) is 13.2 Å². The van der Waals surface area contributed by atoms with Crippen molar-refractivity contribution in [1.29, 1.82) is 0 Å².